The summed E-state index contributed by atoms with van der Waals surface area (Å²) in [5.74, 6) is -0.802. The Kier molecular flexibility index (Phi) is 6.64. The van der Waals surface area contributed by atoms with Crippen LogP contribution in [0.1, 0.15) is 13.3 Å². The number of nitrogens with one attached hydrogen (secondary N) is 1. The fourth-order valence-electron chi connectivity index (χ4n) is 0.985. The van der Waals surface area contributed by atoms with Gasteiger partial charge in [0.1, 0.15) is 12.1 Å². The van der Waals surface area contributed by atoms with Crippen molar-refractivity contribution in [3.8, 4) is 0 Å². The maximum atomic E-state index is 11.0. The summed E-state index contributed by atoms with van der Waals surface area (Å²) in [5.41, 5.74) is 5.49. The van der Waals surface area contributed by atoms with E-state index in [1.807, 2.05) is 0 Å². The van der Waals surface area contributed by atoms with Crippen molar-refractivity contribution in [3.05, 3.63) is 0 Å². The van der Waals surface area contributed by atoms with Gasteiger partial charge in [0.2, 0.25) is 0 Å². The lowest BCUT2D eigenvalue weighted by Crippen LogP contribution is -2.40. The predicted octanol–water partition coefficient (Wildman–Crippen LogP) is -0.972. The highest BCUT2D eigenvalue weighted by Crippen LogP contribution is 1.92. The third kappa shape index (κ3) is 5.34. The molecule has 0 heterocycles. The normalized spacial score (nSPS) is 14.1. The highest BCUT2D eigenvalue weighted by molar-refractivity contribution is 5.75. The number of carbonyl (C=O) groups excluding carboxylic acids is 2. The van der Waals surface area contributed by atoms with Crippen LogP contribution in [0.3, 0.4) is 0 Å². The summed E-state index contributed by atoms with van der Waals surface area (Å²) in [5, 5.41) is 2.88. The average Bonchev–Trinajstić information content (AvgIpc) is 2.26. The van der Waals surface area contributed by atoms with Gasteiger partial charge in [-0.3, -0.25) is 9.59 Å². The first-order chi connectivity index (χ1) is 7.02. The molecule has 0 aromatic carbocycles. The van der Waals surface area contributed by atoms with Crippen LogP contribution < -0.4 is 11.1 Å². The van der Waals surface area contributed by atoms with Crippen molar-refractivity contribution in [2.75, 3.05) is 20.8 Å². The molecule has 0 saturated heterocycles. The molecule has 6 nitrogen and oxygen atoms in total. The predicted molar refractivity (Wildman–Crippen MR) is 54.1 cm³/mol. The lowest BCUT2D eigenvalue weighted by atomic mass is 10.2. The Morgan fingerprint density at radius 1 is 1.27 bits per heavy atom. The number of ether oxygens (including phenoxy) is 2. The highest BCUT2D eigenvalue weighted by Gasteiger charge is 2.15. The Balaban J connectivity index is 3.70. The fraction of sp³-hybridized carbons (Fsp3) is 0.778. The molecule has 2 unspecified atom stereocenters. The molecular formula is C9H18N2O4. The number of hydrogen-bond acceptors (Lipinski definition) is 6. The summed E-state index contributed by atoms with van der Waals surface area (Å²) < 4.78 is 8.97. The molecule has 0 amide bonds. The van der Waals surface area contributed by atoms with Crippen LogP contribution in [0.5, 0.6) is 0 Å². The molecule has 0 spiro atoms. The molecule has 0 radical (unpaired) electrons. The first-order valence-corrected chi connectivity index (χ1v) is 4.67. The van der Waals surface area contributed by atoms with Gasteiger partial charge in [0.05, 0.1) is 14.2 Å². The van der Waals surface area contributed by atoms with E-state index in [-0.39, 0.29) is 5.97 Å². The van der Waals surface area contributed by atoms with Crippen molar-refractivity contribution >= 4 is 11.9 Å². The first-order valence-electron chi connectivity index (χ1n) is 4.67. The number of rotatable bonds is 6. The molecule has 0 aromatic heterocycles. The molecule has 6 heteroatoms. The van der Waals surface area contributed by atoms with E-state index in [4.69, 9.17) is 5.73 Å². The Morgan fingerprint density at radius 3 is 2.27 bits per heavy atom. The topological polar surface area (TPSA) is 90.6 Å². The molecule has 3 N–H and O–H groups in total. The summed E-state index contributed by atoms with van der Waals surface area (Å²) in [7, 11) is 2.60. The zero-order valence-electron chi connectivity index (χ0n) is 9.28. The van der Waals surface area contributed by atoms with Crippen LogP contribution in [0.2, 0.25) is 0 Å². The summed E-state index contributed by atoms with van der Waals surface area (Å²) >= 11 is 0. The van der Waals surface area contributed by atoms with E-state index in [0.29, 0.717) is 13.0 Å². The largest absolute Gasteiger partial charge is 0.468 e. The molecular weight excluding hydrogens is 200 g/mol. The molecule has 0 aliphatic rings. The van der Waals surface area contributed by atoms with E-state index >= 15 is 0 Å². The van der Waals surface area contributed by atoms with E-state index in [9.17, 15) is 9.59 Å². The number of methoxy groups -OCH3 is 2. The number of hydrogen-bond donors (Lipinski definition) is 2. The van der Waals surface area contributed by atoms with Gasteiger partial charge in [0.25, 0.3) is 0 Å². The smallest absolute Gasteiger partial charge is 0.322 e. The molecule has 0 aromatic rings. The molecule has 15 heavy (non-hydrogen) atoms. The molecule has 0 fully saturated rings. The molecule has 0 bridgehead atoms. The van der Waals surface area contributed by atoms with Crippen LogP contribution in [0.4, 0.5) is 0 Å². The van der Waals surface area contributed by atoms with Crippen molar-refractivity contribution < 1.29 is 19.1 Å². The van der Waals surface area contributed by atoms with Crippen LogP contribution in [-0.4, -0.2) is 44.8 Å². The molecule has 0 aliphatic carbocycles. The maximum absolute atomic E-state index is 11.0. The SMILES string of the molecule is COC(=O)C(N)CCNC(C)C(=O)OC. The lowest BCUT2D eigenvalue weighted by Gasteiger charge is -2.13. The van der Waals surface area contributed by atoms with Crippen LogP contribution >= 0.6 is 0 Å². The molecule has 88 valence electrons. The summed E-state index contributed by atoms with van der Waals surface area (Å²) in [6.07, 6.45) is 0.411. The van der Waals surface area contributed by atoms with Crippen LogP contribution in [-0.2, 0) is 19.1 Å². The van der Waals surface area contributed by atoms with Crippen molar-refractivity contribution in [2.45, 2.75) is 25.4 Å². The Hall–Kier alpha value is -1.14. The van der Waals surface area contributed by atoms with E-state index in [1.54, 1.807) is 6.92 Å². The van der Waals surface area contributed by atoms with E-state index < -0.39 is 18.1 Å². The quantitative estimate of drug-likeness (QED) is 0.557. The number of esters is 2. The van der Waals surface area contributed by atoms with Gasteiger partial charge < -0.3 is 20.5 Å². The van der Waals surface area contributed by atoms with Gasteiger partial charge in [0.15, 0.2) is 0 Å². The fourth-order valence-corrected chi connectivity index (χ4v) is 0.985. The van der Waals surface area contributed by atoms with Crippen LogP contribution in [0.15, 0.2) is 0 Å². The van der Waals surface area contributed by atoms with Crippen molar-refractivity contribution in [3.63, 3.8) is 0 Å². The third-order valence-corrected chi connectivity index (χ3v) is 1.96. The Morgan fingerprint density at radius 2 is 1.80 bits per heavy atom. The average molecular weight is 218 g/mol. The monoisotopic (exact) mass is 218 g/mol. The maximum Gasteiger partial charge on any atom is 0.322 e. The zero-order chi connectivity index (χ0) is 11.8. The number of nitrogens with two attached hydrogens (primary N) is 1. The molecule has 0 rings (SSSR count). The zero-order valence-corrected chi connectivity index (χ0v) is 9.28. The third-order valence-electron chi connectivity index (χ3n) is 1.96. The van der Waals surface area contributed by atoms with E-state index in [1.165, 1.54) is 14.2 Å². The van der Waals surface area contributed by atoms with E-state index in [0.717, 1.165) is 0 Å². The van der Waals surface area contributed by atoms with Crippen molar-refractivity contribution in [1.82, 2.24) is 5.32 Å². The summed E-state index contributed by atoms with van der Waals surface area (Å²) in [6, 6.07) is -1.06. The molecule has 0 aliphatic heterocycles. The second kappa shape index (κ2) is 7.19. The van der Waals surface area contributed by atoms with Crippen LogP contribution in [0, 0.1) is 0 Å². The minimum atomic E-state index is -0.660. The summed E-state index contributed by atoms with van der Waals surface area (Å²) in [4.78, 5) is 21.9. The Labute approximate surface area is 89.1 Å². The summed E-state index contributed by atoms with van der Waals surface area (Å²) in [6.45, 7) is 2.13. The van der Waals surface area contributed by atoms with Crippen molar-refractivity contribution in [2.24, 2.45) is 5.73 Å². The van der Waals surface area contributed by atoms with Gasteiger partial charge >= 0.3 is 11.9 Å². The van der Waals surface area contributed by atoms with Gasteiger partial charge in [-0.05, 0) is 19.9 Å². The van der Waals surface area contributed by atoms with Crippen LogP contribution in [0.25, 0.3) is 0 Å². The van der Waals surface area contributed by atoms with E-state index in [2.05, 4.69) is 14.8 Å². The molecule has 2 atom stereocenters. The molecule has 0 saturated carbocycles. The second-order valence-corrected chi connectivity index (χ2v) is 3.12. The number of carbonyl (C=O) groups is 2. The minimum absolute atomic E-state index is 0.346. The highest BCUT2D eigenvalue weighted by atomic mass is 16.5. The Bertz CT molecular complexity index is 198. The van der Waals surface area contributed by atoms with Gasteiger partial charge in [-0.25, -0.2) is 0 Å². The van der Waals surface area contributed by atoms with Gasteiger partial charge in [0, 0.05) is 0 Å². The van der Waals surface area contributed by atoms with Gasteiger partial charge in [-0.2, -0.15) is 0 Å². The van der Waals surface area contributed by atoms with Gasteiger partial charge in [-0.1, -0.05) is 0 Å². The first kappa shape index (κ1) is 13.9. The van der Waals surface area contributed by atoms with Gasteiger partial charge in [-0.15, -0.1) is 0 Å². The van der Waals surface area contributed by atoms with Crippen molar-refractivity contribution in [1.29, 1.82) is 0 Å². The minimum Gasteiger partial charge on any atom is -0.468 e. The lowest BCUT2D eigenvalue weighted by molar-refractivity contribution is -0.142. The second-order valence-electron chi connectivity index (χ2n) is 3.12. The standard InChI is InChI=1S/C9H18N2O4/c1-6(8(12)14-2)11-5-4-7(10)9(13)15-3/h6-7,11H,4-5,10H2,1-3H3.